The summed E-state index contributed by atoms with van der Waals surface area (Å²) in [4.78, 5) is 4.64. The molecule has 0 heterocycles. The van der Waals surface area contributed by atoms with Crippen LogP contribution in [0.2, 0.25) is 19.6 Å². The lowest BCUT2D eigenvalue weighted by Gasteiger charge is -2.30. The number of benzene rings is 8. The van der Waals surface area contributed by atoms with Crippen LogP contribution in [0.15, 0.2) is 158 Å². The molecule has 0 saturated heterocycles. The third kappa shape index (κ3) is 4.97. The van der Waals surface area contributed by atoms with Crippen molar-refractivity contribution >= 4 is 79.7 Å². The number of para-hydroxylation sites is 3. The van der Waals surface area contributed by atoms with E-state index in [9.17, 15) is 5.26 Å². The highest BCUT2D eigenvalue weighted by Crippen LogP contribution is 2.47. The molecule has 0 unspecified atom stereocenters. The average molecular weight is 634 g/mol. The third-order valence-electron chi connectivity index (χ3n) is 9.36. The molecule has 0 saturated carbocycles. The number of hydrogen-bond acceptors (Lipinski definition) is 3. The molecule has 3 nitrogen and oxygen atoms in total. The van der Waals surface area contributed by atoms with E-state index in [1.807, 2.05) is 30.3 Å². The fourth-order valence-corrected chi connectivity index (χ4v) is 8.20. The fraction of sp³-hybridized carbons (Fsp3) is 0.0682. The molecule has 4 heteroatoms. The second-order valence-corrected chi connectivity index (χ2v) is 18.4. The maximum atomic E-state index is 10.1. The molecule has 8 aromatic rings. The molecule has 48 heavy (non-hydrogen) atoms. The third-order valence-corrected chi connectivity index (χ3v) is 11.4. The van der Waals surface area contributed by atoms with Gasteiger partial charge in [0.15, 0.2) is 0 Å². The molecule has 0 atom stereocenters. The predicted molar refractivity (Wildman–Crippen MR) is 207 cm³/mol. The number of hydrogen-bond donors (Lipinski definition) is 0. The highest BCUT2D eigenvalue weighted by Gasteiger charge is 2.23. The summed E-state index contributed by atoms with van der Waals surface area (Å²) in [5, 5.41) is 18.8. The molecular weight excluding hydrogens is 599 g/mol. The van der Waals surface area contributed by atoms with Crippen molar-refractivity contribution in [3.63, 3.8) is 0 Å². The quantitative estimate of drug-likeness (QED) is 0.129. The zero-order valence-electron chi connectivity index (χ0n) is 27.4. The SMILES string of the molecule is C[Si](C)(C)c1cccc(N(c2ccccc2)c2ccc3ccc4c(N(c5ccccc5)c5ccccc5C#N)ccc5ccc2c3c54)c1. The maximum absolute atomic E-state index is 10.1. The van der Waals surface area contributed by atoms with Crippen molar-refractivity contribution in [2.45, 2.75) is 19.6 Å². The minimum absolute atomic E-state index is 0.633. The molecular formula is C44H35N3Si. The number of rotatable bonds is 7. The zero-order valence-corrected chi connectivity index (χ0v) is 28.4. The first-order chi connectivity index (χ1) is 23.4. The summed E-state index contributed by atoms with van der Waals surface area (Å²) in [5.74, 6) is 0. The van der Waals surface area contributed by atoms with Crippen LogP contribution in [0.25, 0.3) is 32.3 Å². The smallest absolute Gasteiger partial charge is 0.101 e. The summed E-state index contributed by atoms with van der Waals surface area (Å²) in [6, 6.07) is 58.4. The van der Waals surface area contributed by atoms with E-state index in [1.165, 1.54) is 37.8 Å². The lowest BCUT2D eigenvalue weighted by molar-refractivity contribution is 1.28. The Morgan fingerprint density at radius 1 is 0.458 bits per heavy atom. The van der Waals surface area contributed by atoms with Crippen molar-refractivity contribution in [1.29, 1.82) is 5.26 Å². The van der Waals surface area contributed by atoms with Gasteiger partial charge in [-0.3, -0.25) is 0 Å². The molecule has 0 aliphatic heterocycles. The lowest BCUT2D eigenvalue weighted by atomic mass is 9.91. The van der Waals surface area contributed by atoms with Gasteiger partial charge in [0.25, 0.3) is 0 Å². The van der Waals surface area contributed by atoms with E-state index >= 15 is 0 Å². The van der Waals surface area contributed by atoms with Crippen LogP contribution in [0, 0.1) is 11.3 Å². The Labute approximate surface area is 282 Å². The Hall–Kier alpha value is -5.89. The van der Waals surface area contributed by atoms with Gasteiger partial charge in [0.2, 0.25) is 0 Å². The van der Waals surface area contributed by atoms with Crippen LogP contribution in [-0.2, 0) is 0 Å². The highest BCUT2D eigenvalue weighted by molar-refractivity contribution is 6.88. The predicted octanol–water partition coefficient (Wildman–Crippen LogP) is 11.9. The topological polar surface area (TPSA) is 30.3 Å². The standard InChI is InChI=1S/C44H35N3Si/c1-48(2,3)37-19-12-18-36(29-37)46(34-14-6-4-7-15-34)41-27-23-31-22-26-39-42(28-24-32-21-25-38(41)43(31)44(32)39)47(35-16-8-5-9-17-35)40-20-11-10-13-33(40)30-45/h4-29H,1-3H3. The Morgan fingerprint density at radius 2 is 0.958 bits per heavy atom. The van der Waals surface area contributed by atoms with Gasteiger partial charge in [-0.15, -0.1) is 0 Å². The van der Waals surface area contributed by atoms with E-state index in [-0.39, 0.29) is 0 Å². The van der Waals surface area contributed by atoms with Crippen molar-refractivity contribution in [3.8, 4) is 6.07 Å². The first-order valence-electron chi connectivity index (χ1n) is 16.4. The van der Waals surface area contributed by atoms with Crippen LogP contribution in [0.5, 0.6) is 0 Å². The molecule has 0 aliphatic rings. The lowest BCUT2D eigenvalue weighted by Crippen LogP contribution is -2.37. The molecule has 0 fully saturated rings. The molecule has 0 amide bonds. The van der Waals surface area contributed by atoms with E-state index in [0.29, 0.717) is 5.56 Å². The van der Waals surface area contributed by atoms with Gasteiger partial charge in [0, 0.05) is 27.8 Å². The van der Waals surface area contributed by atoms with Crippen LogP contribution in [0.1, 0.15) is 5.56 Å². The van der Waals surface area contributed by atoms with Crippen molar-refractivity contribution < 1.29 is 0 Å². The molecule has 8 aromatic carbocycles. The molecule has 0 bridgehead atoms. The van der Waals surface area contributed by atoms with Crippen molar-refractivity contribution in [3.05, 3.63) is 163 Å². The Kier molecular flexibility index (Phi) is 7.21. The number of anilines is 6. The summed E-state index contributed by atoms with van der Waals surface area (Å²) < 4.78 is 0. The molecule has 0 aliphatic carbocycles. The highest BCUT2D eigenvalue weighted by atomic mass is 28.3. The molecule has 0 spiro atoms. The fourth-order valence-electron chi connectivity index (χ4n) is 7.02. The molecule has 8 rings (SSSR count). The Bertz CT molecular complexity index is 2460. The minimum atomic E-state index is -1.55. The number of nitrogens with zero attached hydrogens (tertiary/aromatic N) is 3. The van der Waals surface area contributed by atoms with Crippen molar-refractivity contribution in [2.75, 3.05) is 9.80 Å². The summed E-state index contributed by atoms with van der Waals surface area (Å²) >= 11 is 0. The van der Waals surface area contributed by atoms with Gasteiger partial charge in [-0.2, -0.15) is 5.26 Å². The first kappa shape index (κ1) is 29.5. The van der Waals surface area contributed by atoms with Crippen LogP contribution >= 0.6 is 0 Å². The largest absolute Gasteiger partial charge is 0.310 e. The van der Waals surface area contributed by atoms with Crippen LogP contribution < -0.4 is 15.0 Å². The van der Waals surface area contributed by atoms with Gasteiger partial charge in [-0.25, -0.2) is 0 Å². The second kappa shape index (κ2) is 11.7. The summed E-state index contributed by atoms with van der Waals surface area (Å²) in [7, 11) is -1.55. The van der Waals surface area contributed by atoms with E-state index in [1.54, 1.807) is 0 Å². The van der Waals surface area contributed by atoms with Crippen LogP contribution in [0.4, 0.5) is 34.1 Å². The Balaban J connectivity index is 1.41. The van der Waals surface area contributed by atoms with Crippen molar-refractivity contribution in [2.24, 2.45) is 0 Å². The van der Waals surface area contributed by atoms with E-state index in [4.69, 9.17) is 0 Å². The normalized spacial score (nSPS) is 11.6. The van der Waals surface area contributed by atoms with Crippen molar-refractivity contribution in [1.82, 2.24) is 0 Å². The van der Waals surface area contributed by atoms with Gasteiger partial charge < -0.3 is 9.80 Å². The molecule has 0 N–H and O–H groups in total. The second-order valence-electron chi connectivity index (χ2n) is 13.4. The van der Waals surface area contributed by atoms with Gasteiger partial charge in [0.1, 0.15) is 6.07 Å². The van der Waals surface area contributed by atoms with Gasteiger partial charge >= 0.3 is 0 Å². The van der Waals surface area contributed by atoms with Gasteiger partial charge in [-0.05, 0) is 82.2 Å². The Morgan fingerprint density at radius 3 is 1.54 bits per heavy atom. The van der Waals surface area contributed by atoms with Gasteiger partial charge in [0.05, 0.1) is 30.7 Å². The van der Waals surface area contributed by atoms with Gasteiger partial charge in [-0.1, -0.05) is 122 Å². The van der Waals surface area contributed by atoms with E-state index < -0.39 is 8.07 Å². The van der Waals surface area contributed by atoms with Crippen LogP contribution in [0.3, 0.4) is 0 Å². The van der Waals surface area contributed by atoms with E-state index in [0.717, 1.165) is 33.8 Å². The van der Waals surface area contributed by atoms with E-state index in [2.05, 4.69) is 163 Å². The number of nitriles is 1. The van der Waals surface area contributed by atoms with Crippen LogP contribution in [-0.4, -0.2) is 8.07 Å². The summed E-state index contributed by atoms with van der Waals surface area (Å²) in [6.07, 6.45) is 0. The molecule has 230 valence electrons. The minimum Gasteiger partial charge on any atom is -0.310 e. The summed E-state index contributed by atoms with van der Waals surface area (Å²) in [6.45, 7) is 7.21. The zero-order chi connectivity index (χ0) is 32.8. The molecule has 0 radical (unpaired) electrons. The molecule has 0 aromatic heterocycles. The average Bonchev–Trinajstić information content (AvgIpc) is 3.12. The maximum Gasteiger partial charge on any atom is 0.101 e. The summed E-state index contributed by atoms with van der Waals surface area (Å²) in [5.41, 5.74) is 6.99. The monoisotopic (exact) mass is 633 g/mol. The first-order valence-corrected chi connectivity index (χ1v) is 19.9.